The molecule has 0 aromatic heterocycles. The maximum atomic E-state index is 5.36. The molecule has 0 amide bonds. The van der Waals surface area contributed by atoms with E-state index in [0.717, 1.165) is 23.3 Å². The van der Waals surface area contributed by atoms with Gasteiger partial charge in [0.15, 0.2) is 0 Å². The number of unbranched alkanes of at least 4 members (excludes halogenated alkanes) is 5. The van der Waals surface area contributed by atoms with Crippen LogP contribution in [0.1, 0.15) is 51.0 Å². The van der Waals surface area contributed by atoms with Crippen LogP contribution in [0.2, 0.25) is 0 Å². The van der Waals surface area contributed by atoms with E-state index in [-0.39, 0.29) is 0 Å². The van der Waals surface area contributed by atoms with Gasteiger partial charge in [0.1, 0.15) is 5.75 Å². The zero-order valence-electron chi connectivity index (χ0n) is 12.2. The second kappa shape index (κ2) is 10.3. The summed E-state index contributed by atoms with van der Waals surface area (Å²) in [5.74, 6) is 0.957. The van der Waals surface area contributed by atoms with Gasteiger partial charge in [-0.25, -0.2) is 0 Å². The van der Waals surface area contributed by atoms with Crippen LogP contribution < -0.4 is 10.1 Å². The van der Waals surface area contributed by atoms with Crippen molar-refractivity contribution in [2.75, 3.05) is 13.7 Å². The van der Waals surface area contributed by atoms with Crippen molar-refractivity contribution in [3.63, 3.8) is 0 Å². The molecule has 1 N–H and O–H groups in total. The van der Waals surface area contributed by atoms with Crippen LogP contribution in [0.3, 0.4) is 0 Å². The summed E-state index contributed by atoms with van der Waals surface area (Å²) >= 11 is 3.50. The van der Waals surface area contributed by atoms with Gasteiger partial charge < -0.3 is 10.1 Å². The van der Waals surface area contributed by atoms with Crippen molar-refractivity contribution in [3.05, 3.63) is 28.2 Å². The molecule has 2 nitrogen and oxygen atoms in total. The van der Waals surface area contributed by atoms with Crippen LogP contribution in [0.25, 0.3) is 0 Å². The van der Waals surface area contributed by atoms with E-state index < -0.39 is 0 Å². The molecule has 0 radical (unpaired) electrons. The van der Waals surface area contributed by atoms with Crippen LogP contribution in [0, 0.1) is 0 Å². The molecule has 0 aliphatic heterocycles. The fraction of sp³-hybridized carbons (Fsp3) is 0.625. The summed E-state index contributed by atoms with van der Waals surface area (Å²) < 4.78 is 6.46. The van der Waals surface area contributed by atoms with Crippen molar-refractivity contribution in [2.24, 2.45) is 0 Å². The van der Waals surface area contributed by atoms with E-state index in [4.69, 9.17) is 4.74 Å². The summed E-state index contributed by atoms with van der Waals surface area (Å²) in [5.41, 5.74) is 1.21. The van der Waals surface area contributed by atoms with E-state index in [1.54, 1.807) is 7.11 Å². The Bertz CT molecular complexity index is 355. The highest BCUT2D eigenvalue weighted by atomic mass is 79.9. The van der Waals surface area contributed by atoms with Gasteiger partial charge in [0.2, 0.25) is 0 Å². The average molecular weight is 328 g/mol. The highest BCUT2D eigenvalue weighted by Gasteiger charge is 2.02. The first-order valence-electron chi connectivity index (χ1n) is 7.31. The quantitative estimate of drug-likeness (QED) is 0.616. The third-order valence-electron chi connectivity index (χ3n) is 3.27. The Morgan fingerprint density at radius 3 is 2.58 bits per heavy atom. The van der Waals surface area contributed by atoms with Crippen LogP contribution in [0.4, 0.5) is 0 Å². The van der Waals surface area contributed by atoms with Gasteiger partial charge in [-0.05, 0) is 31.2 Å². The van der Waals surface area contributed by atoms with E-state index in [1.807, 2.05) is 12.1 Å². The van der Waals surface area contributed by atoms with Crippen molar-refractivity contribution in [1.82, 2.24) is 5.32 Å². The van der Waals surface area contributed by atoms with E-state index in [9.17, 15) is 0 Å². The first-order chi connectivity index (χ1) is 9.27. The lowest BCUT2D eigenvalue weighted by Gasteiger charge is -2.10. The third kappa shape index (κ3) is 6.98. The lowest BCUT2D eigenvalue weighted by atomic mass is 10.1. The van der Waals surface area contributed by atoms with Crippen LogP contribution >= 0.6 is 15.9 Å². The molecule has 0 heterocycles. The number of hydrogen-bond donors (Lipinski definition) is 1. The number of nitrogens with one attached hydrogen (secondary N) is 1. The van der Waals surface area contributed by atoms with Gasteiger partial charge in [-0.2, -0.15) is 0 Å². The fourth-order valence-electron chi connectivity index (χ4n) is 2.14. The molecule has 0 fully saturated rings. The number of ether oxygens (including phenoxy) is 1. The van der Waals surface area contributed by atoms with Crippen molar-refractivity contribution < 1.29 is 4.74 Å². The molecule has 1 rings (SSSR count). The minimum Gasteiger partial charge on any atom is -0.496 e. The predicted molar refractivity (Wildman–Crippen MR) is 85.8 cm³/mol. The summed E-state index contributed by atoms with van der Waals surface area (Å²) in [7, 11) is 1.72. The highest BCUT2D eigenvalue weighted by Crippen LogP contribution is 2.22. The Hall–Kier alpha value is -0.540. The molecule has 0 saturated heterocycles. The van der Waals surface area contributed by atoms with Crippen LogP contribution in [0.15, 0.2) is 22.7 Å². The third-order valence-corrected chi connectivity index (χ3v) is 3.76. The minimum absolute atomic E-state index is 0.873. The summed E-state index contributed by atoms with van der Waals surface area (Å²) in [4.78, 5) is 0. The monoisotopic (exact) mass is 327 g/mol. The van der Waals surface area contributed by atoms with E-state index in [0.29, 0.717) is 0 Å². The maximum Gasteiger partial charge on any atom is 0.123 e. The lowest BCUT2D eigenvalue weighted by molar-refractivity contribution is 0.407. The minimum atomic E-state index is 0.873. The molecule has 3 heteroatoms. The summed E-state index contributed by atoms with van der Waals surface area (Å²) in [6.45, 7) is 4.21. The molecule has 1 aromatic rings. The Labute approximate surface area is 126 Å². The molecule has 1 aromatic carbocycles. The predicted octanol–water partition coefficient (Wildman–Crippen LogP) is 4.91. The second-order valence-electron chi connectivity index (χ2n) is 4.90. The SMILES string of the molecule is CCCCCCCCNCc1cc(Br)ccc1OC. The zero-order valence-corrected chi connectivity index (χ0v) is 13.8. The normalized spacial score (nSPS) is 10.7. The van der Waals surface area contributed by atoms with Crippen LogP contribution in [0.5, 0.6) is 5.75 Å². The molecule has 19 heavy (non-hydrogen) atoms. The molecule has 0 bridgehead atoms. The highest BCUT2D eigenvalue weighted by molar-refractivity contribution is 9.10. The first-order valence-corrected chi connectivity index (χ1v) is 8.10. The second-order valence-corrected chi connectivity index (χ2v) is 5.82. The first kappa shape index (κ1) is 16.5. The van der Waals surface area contributed by atoms with Gasteiger partial charge in [-0.3, -0.25) is 0 Å². The largest absolute Gasteiger partial charge is 0.496 e. The molecular formula is C16H26BrNO. The lowest BCUT2D eigenvalue weighted by Crippen LogP contribution is -2.15. The van der Waals surface area contributed by atoms with Crippen molar-refractivity contribution in [1.29, 1.82) is 0 Å². The maximum absolute atomic E-state index is 5.36. The van der Waals surface area contributed by atoms with E-state index in [1.165, 1.54) is 44.1 Å². The number of methoxy groups -OCH3 is 1. The van der Waals surface area contributed by atoms with Gasteiger partial charge in [-0.1, -0.05) is 55.0 Å². The summed E-state index contributed by atoms with van der Waals surface area (Å²) in [6, 6.07) is 6.13. The number of halogens is 1. The standard InChI is InChI=1S/C16H26BrNO/c1-3-4-5-6-7-8-11-18-13-14-12-15(17)9-10-16(14)19-2/h9-10,12,18H,3-8,11,13H2,1-2H3. The van der Waals surface area contributed by atoms with Gasteiger partial charge in [0.05, 0.1) is 7.11 Å². The Morgan fingerprint density at radius 2 is 1.84 bits per heavy atom. The molecule has 0 atom stereocenters. The molecule has 0 unspecified atom stereocenters. The molecule has 0 aliphatic rings. The fourth-order valence-corrected chi connectivity index (χ4v) is 2.55. The number of benzene rings is 1. The van der Waals surface area contributed by atoms with Crippen LogP contribution in [-0.2, 0) is 6.54 Å². The van der Waals surface area contributed by atoms with Gasteiger partial charge in [0.25, 0.3) is 0 Å². The average Bonchev–Trinajstić information content (AvgIpc) is 2.42. The van der Waals surface area contributed by atoms with Gasteiger partial charge in [0, 0.05) is 16.6 Å². The molecule has 0 saturated carbocycles. The van der Waals surface area contributed by atoms with E-state index >= 15 is 0 Å². The molecular weight excluding hydrogens is 302 g/mol. The Kier molecular flexibility index (Phi) is 8.93. The van der Waals surface area contributed by atoms with Gasteiger partial charge in [-0.15, -0.1) is 0 Å². The van der Waals surface area contributed by atoms with Gasteiger partial charge >= 0.3 is 0 Å². The van der Waals surface area contributed by atoms with Crippen molar-refractivity contribution >= 4 is 15.9 Å². The smallest absolute Gasteiger partial charge is 0.123 e. The molecule has 108 valence electrons. The Balaban J connectivity index is 2.17. The van der Waals surface area contributed by atoms with Crippen molar-refractivity contribution in [2.45, 2.75) is 52.0 Å². The topological polar surface area (TPSA) is 21.3 Å². The number of hydrogen-bond acceptors (Lipinski definition) is 2. The van der Waals surface area contributed by atoms with Crippen molar-refractivity contribution in [3.8, 4) is 5.75 Å². The molecule has 0 aliphatic carbocycles. The van der Waals surface area contributed by atoms with E-state index in [2.05, 4.69) is 34.2 Å². The summed E-state index contributed by atoms with van der Waals surface area (Å²) in [6.07, 6.45) is 8.05. The zero-order chi connectivity index (χ0) is 13.9. The number of rotatable bonds is 10. The van der Waals surface area contributed by atoms with Crippen LogP contribution in [-0.4, -0.2) is 13.7 Å². The Morgan fingerprint density at radius 1 is 1.11 bits per heavy atom. The molecule has 0 spiro atoms. The summed E-state index contributed by atoms with van der Waals surface area (Å²) in [5, 5.41) is 3.49.